The molecule has 3 N–H and O–H groups in total. The van der Waals surface area contributed by atoms with Crippen molar-refractivity contribution < 1.29 is 14.0 Å². The van der Waals surface area contributed by atoms with Crippen LogP contribution in [0, 0.1) is 11.7 Å². The molecule has 1 aromatic carbocycles. The second kappa shape index (κ2) is 6.16. The molecular weight excluding hydrogens is 309 g/mol. The molecule has 3 heterocycles. The number of fused-ring (bicyclic) bond motifs is 3. The number of carbonyl (C=O) groups is 2. The van der Waals surface area contributed by atoms with Crippen LogP contribution in [0.2, 0.25) is 0 Å². The van der Waals surface area contributed by atoms with Crippen molar-refractivity contribution in [3.05, 3.63) is 23.5 Å². The fourth-order valence-electron chi connectivity index (χ4n) is 4.30. The van der Waals surface area contributed by atoms with E-state index in [-0.39, 0.29) is 17.5 Å². The number of hydrogen-bond acceptors (Lipinski definition) is 3. The Labute approximate surface area is 140 Å². The Morgan fingerprint density at radius 2 is 1.96 bits per heavy atom. The molecule has 0 saturated carbocycles. The number of carbonyl (C=O) groups excluding carboxylic acids is 2. The van der Waals surface area contributed by atoms with Crippen LogP contribution in [0.25, 0.3) is 0 Å². The Hall–Kier alpha value is -1.95. The van der Waals surface area contributed by atoms with Crippen molar-refractivity contribution in [2.24, 2.45) is 5.92 Å². The van der Waals surface area contributed by atoms with Crippen molar-refractivity contribution >= 4 is 23.2 Å². The molecule has 1 aromatic rings. The molecule has 5 nitrogen and oxygen atoms in total. The molecule has 128 valence electrons. The highest BCUT2D eigenvalue weighted by Gasteiger charge is 2.34. The number of benzene rings is 1. The Morgan fingerprint density at radius 1 is 1.21 bits per heavy atom. The summed E-state index contributed by atoms with van der Waals surface area (Å²) in [5.74, 6) is -0.299. The first-order valence-electron chi connectivity index (χ1n) is 8.75. The lowest BCUT2D eigenvalue weighted by Crippen LogP contribution is -2.39. The standard InChI is InChI=1S/C18H22FN3O2/c19-14-8-11-1-4-17(23)21-15(11)9-16(14)22-18(24)7-10-5-12-2-3-13(6-10)20-12/h8-10,12-13,20H,1-7H2,(H,21,23)(H,22,24). The zero-order valence-corrected chi connectivity index (χ0v) is 13.5. The molecule has 0 spiro atoms. The van der Waals surface area contributed by atoms with E-state index in [4.69, 9.17) is 0 Å². The molecule has 24 heavy (non-hydrogen) atoms. The minimum Gasteiger partial charge on any atom is -0.326 e. The van der Waals surface area contributed by atoms with Gasteiger partial charge in [0.25, 0.3) is 0 Å². The Bertz CT molecular complexity index is 679. The molecule has 6 heteroatoms. The highest BCUT2D eigenvalue weighted by atomic mass is 19.1. The van der Waals surface area contributed by atoms with Crippen LogP contribution in [0.1, 0.15) is 44.1 Å². The number of halogens is 1. The lowest BCUT2D eigenvalue weighted by Gasteiger charge is -2.28. The van der Waals surface area contributed by atoms with Crippen LogP contribution >= 0.6 is 0 Å². The molecule has 0 aromatic heterocycles. The first-order chi connectivity index (χ1) is 11.6. The normalized spacial score (nSPS) is 28.2. The minimum absolute atomic E-state index is 0.0726. The van der Waals surface area contributed by atoms with Gasteiger partial charge in [0, 0.05) is 30.6 Å². The van der Waals surface area contributed by atoms with Crippen LogP contribution in [0.15, 0.2) is 12.1 Å². The first kappa shape index (κ1) is 15.6. The van der Waals surface area contributed by atoms with Gasteiger partial charge in [-0.3, -0.25) is 9.59 Å². The smallest absolute Gasteiger partial charge is 0.224 e. The van der Waals surface area contributed by atoms with Gasteiger partial charge in [-0.25, -0.2) is 4.39 Å². The second-order valence-electron chi connectivity index (χ2n) is 7.26. The molecule has 3 aliphatic rings. The van der Waals surface area contributed by atoms with E-state index in [9.17, 15) is 14.0 Å². The summed E-state index contributed by atoms with van der Waals surface area (Å²) in [4.78, 5) is 23.8. The van der Waals surface area contributed by atoms with Crippen molar-refractivity contribution in [2.75, 3.05) is 10.6 Å². The summed E-state index contributed by atoms with van der Waals surface area (Å²) in [5.41, 5.74) is 1.53. The third-order valence-corrected chi connectivity index (χ3v) is 5.41. The van der Waals surface area contributed by atoms with Crippen molar-refractivity contribution in [3.63, 3.8) is 0 Å². The summed E-state index contributed by atoms with van der Waals surface area (Å²) in [7, 11) is 0. The quantitative estimate of drug-likeness (QED) is 0.797. The van der Waals surface area contributed by atoms with Crippen LogP contribution in [0.4, 0.5) is 15.8 Å². The van der Waals surface area contributed by atoms with E-state index in [1.165, 1.54) is 25.0 Å². The van der Waals surface area contributed by atoms with Crippen molar-refractivity contribution in [3.8, 4) is 0 Å². The van der Waals surface area contributed by atoms with Gasteiger partial charge in [0.1, 0.15) is 5.82 Å². The van der Waals surface area contributed by atoms with Gasteiger partial charge in [-0.05, 0) is 55.7 Å². The van der Waals surface area contributed by atoms with Crippen LogP contribution in [0.5, 0.6) is 0 Å². The highest BCUT2D eigenvalue weighted by Crippen LogP contribution is 2.33. The summed E-state index contributed by atoms with van der Waals surface area (Å²) >= 11 is 0. The monoisotopic (exact) mass is 331 g/mol. The summed E-state index contributed by atoms with van der Waals surface area (Å²) in [5, 5.41) is 8.98. The molecule has 0 radical (unpaired) electrons. The molecule has 2 atom stereocenters. The van der Waals surface area contributed by atoms with E-state index in [1.54, 1.807) is 0 Å². The van der Waals surface area contributed by atoms with E-state index in [1.807, 2.05) is 0 Å². The Balaban J connectivity index is 1.42. The first-order valence-corrected chi connectivity index (χ1v) is 8.75. The molecule has 0 aliphatic carbocycles. The lowest BCUT2D eigenvalue weighted by molar-refractivity contribution is -0.117. The summed E-state index contributed by atoms with van der Waals surface area (Å²) in [6, 6.07) is 4.02. The van der Waals surface area contributed by atoms with E-state index in [2.05, 4.69) is 16.0 Å². The number of nitrogens with one attached hydrogen (secondary N) is 3. The van der Waals surface area contributed by atoms with Crippen molar-refractivity contribution in [1.82, 2.24) is 5.32 Å². The molecule has 2 amide bonds. The van der Waals surface area contributed by atoms with E-state index >= 15 is 0 Å². The third kappa shape index (κ3) is 3.15. The average Bonchev–Trinajstić information content (AvgIpc) is 2.87. The zero-order valence-electron chi connectivity index (χ0n) is 13.5. The van der Waals surface area contributed by atoms with Crippen LogP contribution < -0.4 is 16.0 Å². The number of piperidine rings is 1. The minimum atomic E-state index is -0.441. The van der Waals surface area contributed by atoms with Gasteiger partial charge in [0.05, 0.1) is 5.69 Å². The van der Waals surface area contributed by atoms with Crippen LogP contribution in [-0.4, -0.2) is 23.9 Å². The number of hydrogen-bond donors (Lipinski definition) is 3. The Morgan fingerprint density at radius 3 is 2.71 bits per heavy atom. The maximum absolute atomic E-state index is 14.2. The SMILES string of the molecule is O=C(CC1CC2CCC(C1)N2)Nc1cc2c(cc1F)CCC(=O)N2. The summed E-state index contributed by atoms with van der Waals surface area (Å²) in [6.45, 7) is 0. The van der Waals surface area contributed by atoms with Gasteiger partial charge in [-0.15, -0.1) is 0 Å². The van der Waals surface area contributed by atoms with E-state index in [0.717, 1.165) is 18.4 Å². The van der Waals surface area contributed by atoms with E-state index < -0.39 is 5.82 Å². The van der Waals surface area contributed by atoms with Gasteiger partial charge < -0.3 is 16.0 Å². The van der Waals surface area contributed by atoms with Gasteiger partial charge in [-0.1, -0.05) is 0 Å². The molecule has 2 bridgehead atoms. The molecule has 2 saturated heterocycles. The van der Waals surface area contributed by atoms with Gasteiger partial charge in [0.2, 0.25) is 11.8 Å². The topological polar surface area (TPSA) is 70.2 Å². The zero-order chi connectivity index (χ0) is 16.7. The van der Waals surface area contributed by atoms with Gasteiger partial charge >= 0.3 is 0 Å². The highest BCUT2D eigenvalue weighted by molar-refractivity contribution is 5.96. The summed E-state index contributed by atoms with van der Waals surface area (Å²) in [6.07, 6.45) is 5.76. The van der Waals surface area contributed by atoms with Crippen molar-refractivity contribution in [2.45, 2.75) is 57.0 Å². The number of rotatable bonds is 3. The van der Waals surface area contributed by atoms with Gasteiger partial charge in [0.15, 0.2) is 0 Å². The van der Waals surface area contributed by atoms with Crippen LogP contribution in [-0.2, 0) is 16.0 Å². The predicted molar refractivity (Wildman–Crippen MR) is 89.3 cm³/mol. The molecule has 3 aliphatic heterocycles. The molecule has 2 fully saturated rings. The third-order valence-electron chi connectivity index (χ3n) is 5.41. The van der Waals surface area contributed by atoms with Gasteiger partial charge in [-0.2, -0.15) is 0 Å². The molecule has 2 unspecified atom stereocenters. The lowest BCUT2D eigenvalue weighted by atomic mass is 9.89. The molecular formula is C18H22FN3O2. The van der Waals surface area contributed by atoms with E-state index in [0.29, 0.717) is 43.0 Å². The van der Waals surface area contributed by atoms with Crippen molar-refractivity contribution in [1.29, 1.82) is 0 Å². The predicted octanol–water partition coefficient (Wildman–Crippen LogP) is 2.57. The average molecular weight is 331 g/mol. The number of aryl methyl sites for hydroxylation is 1. The largest absolute Gasteiger partial charge is 0.326 e. The maximum atomic E-state index is 14.2. The fourth-order valence-corrected chi connectivity index (χ4v) is 4.30. The number of amides is 2. The fraction of sp³-hybridized carbons (Fsp3) is 0.556. The second-order valence-corrected chi connectivity index (χ2v) is 7.26. The van der Waals surface area contributed by atoms with Crippen LogP contribution in [0.3, 0.4) is 0 Å². The molecule has 4 rings (SSSR count). The number of anilines is 2. The summed E-state index contributed by atoms with van der Waals surface area (Å²) < 4.78 is 14.2. The maximum Gasteiger partial charge on any atom is 0.224 e. The Kier molecular flexibility index (Phi) is 4.00.